The number of aromatic nitrogens is 1. The monoisotopic (exact) mass is 286 g/mol. The fourth-order valence-electron chi connectivity index (χ4n) is 2.13. The van der Waals surface area contributed by atoms with E-state index in [2.05, 4.69) is 10.6 Å². The Bertz CT molecular complexity index is 566. The van der Waals surface area contributed by atoms with Gasteiger partial charge in [-0.05, 0) is 6.07 Å². The lowest BCUT2D eigenvalue weighted by Gasteiger charge is -2.33. The minimum Gasteiger partial charge on any atom is -0.358 e. The first kappa shape index (κ1) is 14.0. The van der Waals surface area contributed by atoms with E-state index >= 15 is 0 Å². The van der Waals surface area contributed by atoms with Crippen LogP contribution in [0.15, 0.2) is 23.4 Å². The van der Waals surface area contributed by atoms with Gasteiger partial charge < -0.3 is 15.2 Å². The summed E-state index contributed by atoms with van der Waals surface area (Å²) >= 11 is 0. The normalized spacial score (nSPS) is 21.3. The van der Waals surface area contributed by atoms with E-state index in [1.165, 1.54) is 23.6 Å². The Morgan fingerprint density at radius 3 is 2.84 bits per heavy atom. The molecule has 0 radical (unpaired) electrons. The molecule has 1 amide bonds. The van der Waals surface area contributed by atoms with Crippen LogP contribution in [0, 0.1) is 0 Å². The molecular weight excluding hydrogens is 268 g/mol. The van der Waals surface area contributed by atoms with Gasteiger partial charge in [0.2, 0.25) is 15.9 Å². The molecule has 2 rings (SSSR count). The summed E-state index contributed by atoms with van der Waals surface area (Å²) in [5, 5.41) is 5.54. The van der Waals surface area contributed by atoms with Gasteiger partial charge in [0, 0.05) is 46.1 Å². The fourth-order valence-corrected chi connectivity index (χ4v) is 3.77. The van der Waals surface area contributed by atoms with Gasteiger partial charge in [0.05, 0.1) is 4.90 Å². The van der Waals surface area contributed by atoms with Crippen molar-refractivity contribution in [2.24, 2.45) is 7.05 Å². The van der Waals surface area contributed by atoms with E-state index in [9.17, 15) is 13.2 Å². The van der Waals surface area contributed by atoms with Gasteiger partial charge in [-0.2, -0.15) is 4.31 Å². The second-order valence-corrected chi connectivity index (χ2v) is 6.35. The minimum atomic E-state index is -3.63. The van der Waals surface area contributed by atoms with E-state index in [0.29, 0.717) is 13.1 Å². The lowest BCUT2D eigenvalue weighted by molar-refractivity contribution is -0.124. The molecule has 1 aromatic heterocycles. The third-order valence-electron chi connectivity index (χ3n) is 3.15. The van der Waals surface area contributed by atoms with Gasteiger partial charge in [-0.1, -0.05) is 0 Å². The largest absolute Gasteiger partial charge is 0.358 e. The zero-order valence-electron chi connectivity index (χ0n) is 11.0. The Hall–Kier alpha value is -1.38. The first-order valence-electron chi connectivity index (χ1n) is 6.03. The van der Waals surface area contributed by atoms with Crippen molar-refractivity contribution in [1.82, 2.24) is 19.5 Å². The summed E-state index contributed by atoms with van der Waals surface area (Å²) in [6.45, 7) is 1.15. The molecule has 0 saturated carbocycles. The summed E-state index contributed by atoms with van der Waals surface area (Å²) in [6.07, 6.45) is 3.21. The van der Waals surface area contributed by atoms with E-state index in [0.717, 1.165) is 0 Å². The quantitative estimate of drug-likeness (QED) is 0.726. The van der Waals surface area contributed by atoms with Gasteiger partial charge in [0.15, 0.2) is 0 Å². The highest BCUT2D eigenvalue weighted by Crippen LogP contribution is 2.19. The zero-order valence-corrected chi connectivity index (χ0v) is 11.8. The van der Waals surface area contributed by atoms with Gasteiger partial charge >= 0.3 is 0 Å². The minimum absolute atomic E-state index is 0.214. The van der Waals surface area contributed by atoms with E-state index in [1.807, 2.05) is 0 Å². The van der Waals surface area contributed by atoms with Crippen molar-refractivity contribution in [3.05, 3.63) is 18.5 Å². The van der Waals surface area contributed by atoms with Crippen LogP contribution in [0.4, 0.5) is 0 Å². The second-order valence-electron chi connectivity index (χ2n) is 4.46. The predicted molar refractivity (Wildman–Crippen MR) is 70.0 cm³/mol. The molecule has 1 saturated heterocycles. The number of likely N-dealkylation sites (N-methyl/N-ethyl adjacent to an activating group) is 1. The van der Waals surface area contributed by atoms with Gasteiger partial charge in [-0.15, -0.1) is 0 Å². The molecule has 0 aromatic carbocycles. The van der Waals surface area contributed by atoms with Gasteiger partial charge in [0.25, 0.3) is 0 Å². The molecule has 7 nitrogen and oxygen atoms in total. The number of aryl methyl sites for hydroxylation is 1. The number of hydrogen-bond acceptors (Lipinski definition) is 4. The van der Waals surface area contributed by atoms with Crippen LogP contribution < -0.4 is 10.6 Å². The number of rotatable bonds is 3. The average molecular weight is 286 g/mol. The van der Waals surface area contributed by atoms with E-state index < -0.39 is 16.1 Å². The molecule has 106 valence electrons. The zero-order chi connectivity index (χ0) is 14.0. The first-order chi connectivity index (χ1) is 8.96. The summed E-state index contributed by atoms with van der Waals surface area (Å²) in [7, 11) is -0.373. The van der Waals surface area contributed by atoms with Gasteiger partial charge in [-0.25, -0.2) is 8.42 Å². The number of nitrogens with zero attached hydrogens (tertiary/aromatic N) is 2. The Labute approximate surface area is 112 Å². The maximum absolute atomic E-state index is 12.5. The molecule has 1 fully saturated rings. The summed E-state index contributed by atoms with van der Waals surface area (Å²) < 4.78 is 28.0. The number of carbonyl (C=O) groups excluding carboxylic acids is 1. The predicted octanol–water partition coefficient (Wildman–Crippen LogP) is -1.27. The molecule has 0 spiro atoms. The number of sulfonamides is 1. The number of piperazine rings is 1. The SMILES string of the molecule is CNC(=O)C1CNCCN1S(=O)(=O)c1ccn(C)c1. The molecule has 2 N–H and O–H groups in total. The summed E-state index contributed by atoms with van der Waals surface area (Å²) in [5.41, 5.74) is 0. The Morgan fingerprint density at radius 1 is 1.53 bits per heavy atom. The number of hydrogen-bond donors (Lipinski definition) is 2. The highest BCUT2D eigenvalue weighted by Gasteiger charge is 2.37. The molecular formula is C11H18N4O3S. The van der Waals surface area contributed by atoms with E-state index in [4.69, 9.17) is 0 Å². The Morgan fingerprint density at radius 2 is 2.26 bits per heavy atom. The average Bonchev–Trinajstić information content (AvgIpc) is 2.85. The standard InChI is InChI=1S/C11H18N4O3S/c1-12-11(16)10-7-13-4-6-15(10)19(17,18)9-3-5-14(2)8-9/h3,5,8,10,13H,4,6-7H2,1-2H3,(H,12,16). The van der Waals surface area contributed by atoms with Crippen LogP contribution in [0.2, 0.25) is 0 Å². The van der Waals surface area contributed by atoms with Crippen molar-refractivity contribution in [1.29, 1.82) is 0 Å². The molecule has 0 aliphatic carbocycles. The van der Waals surface area contributed by atoms with E-state index in [-0.39, 0.29) is 17.3 Å². The summed E-state index contributed by atoms with van der Waals surface area (Å²) in [6, 6.07) is 0.835. The van der Waals surface area contributed by atoms with Crippen molar-refractivity contribution in [2.75, 3.05) is 26.7 Å². The maximum Gasteiger partial charge on any atom is 0.245 e. The maximum atomic E-state index is 12.5. The smallest absolute Gasteiger partial charge is 0.245 e. The van der Waals surface area contributed by atoms with Crippen molar-refractivity contribution < 1.29 is 13.2 Å². The lowest BCUT2D eigenvalue weighted by Crippen LogP contribution is -2.59. The van der Waals surface area contributed by atoms with Crippen LogP contribution in [0.3, 0.4) is 0 Å². The lowest BCUT2D eigenvalue weighted by atomic mass is 10.2. The molecule has 1 atom stereocenters. The fraction of sp³-hybridized carbons (Fsp3) is 0.545. The topological polar surface area (TPSA) is 83.4 Å². The molecule has 1 aliphatic rings. The van der Waals surface area contributed by atoms with Crippen LogP contribution in [0.25, 0.3) is 0 Å². The molecule has 8 heteroatoms. The molecule has 2 heterocycles. The first-order valence-corrected chi connectivity index (χ1v) is 7.47. The summed E-state index contributed by atoms with van der Waals surface area (Å²) in [5.74, 6) is -0.299. The van der Waals surface area contributed by atoms with Gasteiger partial charge in [-0.3, -0.25) is 4.79 Å². The van der Waals surface area contributed by atoms with Crippen LogP contribution in [0.5, 0.6) is 0 Å². The third-order valence-corrected chi connectivity index (χ3v) is 5.05. The summed E-state index contributed by atoms with van der Waals surface area (Å²) in [4.78, 5) is 12.0. The van der Waals surface area contributed by atoms with Crippen LogP contribution in [-0.2, 0) is 21.9 Å². The number of carbonyl (C=O) groups is 1. The Balaban J connectivity index is 2.34. The number of amides is 1. The second kappa shape index (κ2) is 5.32. The van der Waals surface area contributed by atoms with Crippen LogP contribution in [-0.4, -0.2) is 55.9 Å². The highest BCUT2D eigenvalue weighted by atomic mass is 32.2. The van der Waals surface area contributed by atoms with Crippen molar-refractivity contribution in [3.8, 4) is 0 Å². The number of nitrogens with one attached hydrogen (secondary N) is 2. The van der Waals surface area contributed by atoms with E-state index in [1.54, 1.807) is 17.8 Å². The van der Waals surface area contributed by atoms with Crippen molar-refractivity contribution >= 4 is 15.9 Å². The third kappa shape index (κ3) is 2.65. The van der Waals surface area contributed by atoms with Crippen LogP contribution in [0.1, 0.15) is 0 Å². The molecule has 19 heavy (non-hydrogen) atoms. The molecule has 1 aliphatic heterocycles. The van der Waals surface area contributed by atoms with Crippen LogP contribution >= 0.6 is 0 Å². The highest BCUT2D eigenvalue weighted by molar-refractivity contribution is 7.89. The molecule has 1 aromatic rings. The van der Waals surface area contributed by atoms with Crippen molar-refractivity contribution in [2.45, 2.75) is 10.9 Å². The Kier molecular flexibility index (Phi) is 3.93. The molecule has 0 bridgehead atoms. The van der Waals surface area contributed by atoms with Crippen molar-refractivity contribution in [3.63, 3.8) is 0 Å². The van der Waals surface area contributed by atoms with Gasteiger partial charge in [0.1, 0.15) is 6.04 Å². The molecule has 1 unspecified atom stereocenters.